The second kappa shape index (κ2) is 9.14. The highest BCUT2D eigenvalue weighted by Gasteiger charge is 2.26. The van der Waals surface area contributed by atoms with Crippen molar-refractivity contribution in [3.8, 4) is 5.75 Å². The zero-order chi connectivity index (χ0) is 22.7. The Morgan fingerprint density at radius 1 is 1.19 bits per heavy atom. The minimum atomic E-state index is -0.0530. The Hall–Kier alpha value is -3.80. The molecule has 4 rings (SSSR count). The van der Waals surface area contributed by atoms with Crippen LogP contribution < -0.4 is 15.0 Å². The molecule has 2 heterocycles. The third-order valence-corrected chi connectivity index (χ3v) is 5.62. The van der Waals surface area contributed by atoms with E-state index in [0.29, 0.717) is 6.54 Å². The van der Waals surface area contributed by atoms with Crippen LogP contribution in [0.1, 0.15) is 35.8 Å². The summed E-state index contributed by atoms with van der Waals surface area (Å²) in [5.74, 6) is 2.35. The summed E-state index contributed by atoms with van der Waals surface area (Å²) in [7, 11) is 5.59. The monoisotopic (exact) mass is 429 g/mol. The van der Waals surface area contributed by atoms with Gasteiger partial charge in [-0.25, -0.2) is 4.98 Å². The van der Waals surface area contributed by atoms with Crippen molar-refractivity contribution in [3.63, 3.8) is 0 Å². The van der Waals surface area contributed by atoms with Crippen LogP contribution in [0.15, 0.2) is 64.9 Å². The molecule has 0 atom stereocenters. The number of benzene rings is 1. The van der Waals surface area contributed by atoms with Crippen LogP contribution in [0.25, 0.3) is 17.2 Å². The molecular weight excluding hydrogens is 402 g/mol. The Bertz CT molecular complexity index is 1170. The maximum atomic E-state index is 12.7. The fourth-order valence-electron chi connectivity index (χ4n) is 3.85. The van der Waals surface area contributed by atoms with Gasteiger partial charge >= 0.3 is 0 Å². The molecule has 2 aromatic heterocycles. The molecule has 0 spiro atoms. The molecule has 1 aromatic carbocycles. The van der Waals surface area contributed by atoms with Crippen molar-refractivity contribution in [2.45, 2.75) is 19.9 Å². The third-order valence-electron chi connectivity index (χ3n) is 5.62. The Morgan fingerprint density at radius 3 is 2.69 bits per heavy atom. The van der Waals surface area contributed by atoms with Crippen LogP contribution in [-0.4, -0.2) is 32.1 Å². The predicted octanol–water partition coefficient (Wildman–Crippen LogP) is 4.78. The first-order chi connectivity index (χ1) is 15.5. The summed E-state index contributed by atoms with van der Waals surface area (Å²) < 4.78 is 10.8. The van der Waals surface area contributed by atoms with Gasteiger partial charge in [-0.1, -0.05) is 6.07 Å². The first-order valence-electron chi connectivity index (χ1n) is 10.5. The van der Waals surface area contributed by atoms with Crippen molar-refractivity contribution < 1.29 is 13.9 Å². The molecule has 3 aromatic rings. The van der Waals surface area contributed by atoms with Crippen LogP contribution >= 0.6 is 0 Å². The van der Waals surface area contributed by atoms with E-state index in [1.165, 1.54) is 0 Å². The number of furan rings is 1. The highest BCUT2D eigenvalue weighted by molar-refractivity contribution is 6.08. The third kappa shape index (κ3) is 4.44. The molecule has 1 amide bonds. The molecule has 1 aliphatic carbocycles. The number of nitrogens with zero attached hydrogens (tertiary/aromatic N) is 2. The summed E-state index contributed by atoms with van der Waals surface area (Å²) in [6.45, 7) is 2.44. The number of carbonyl (C=O) groups is 1. The van der Waals surface area contributed by atoms with Crippen molar-refractivity contribution in [2.75, 3.05) is 26.1 Å². The summed E-state index contributed by atoms with van der Waals surface area (Å²) >= 11 is 0. The van der Waals surface area contributed by atoms with Gasteiger partial charge in [-0.05, 0) is 82.8 Å². The van der Waals surface area contributed by atoms with Gasteiger partial charge in [-0.2, -0.15) is 0 Å². The molecule has 0 radical (unpaired) electrons. The number of hydrogen-bond donors (Lipinski definition) is 1. The lowest BCUT2D eigenvalue weighted by Gasteiger charge is -2.11. The van der Waals surface area contributed by atoms with Gasteiger partial charge in [0.1, 0.15) is 17.3 Å². The number of ether oxygens (including phenoxy) is 1. The van der Waals surface area contributed by atoms with Gasteiger partial charge in [-0.15, -0.1) is 0 Å². The van der Waals surface area contributed by atoms with Crippen LogP contribution in [0.3, 0.4) is 0 Å². The van der Waals surface area contributed by atoms with E-state index in [0.717, 1.165) is 50.7 Å². The molecule has 0 bridgehead atoms. The van der Waals surface area contributed by atoms with Gasteiger partial charge in [0.25, 0.3) is 0 Å². The van der Waals surface area contributed by atoms with E-state index < -0.39 is 0 Å². The lowest BCUT2D eigenvalue weighted by Crippen LogP contribution is -2.22. The van der Waals surface area contributed by atoms with Gasteiger partial charge in [0.05, 0.1) is 26.3 Å². The average Bonchev–Trinajstić information content (AvgIpc) is 3.40. The molecule has 6 nitrogen and oxygen atoms in total. The maximum Gasteiger partial charge on any atom is 0.224 e. The number of methoxy groups -OCH3 is 1. The molecule has 0 unspecified atom stereocenters. The van der Waals surface area contributed by atoms with Crippen molar-refractivity contribution in [1.82, 2.24) is 10.3 Å². The number of carbonyl (C=O) groups excluding carboxylic acids is 1. The van der Waals surface area contributed by atoms with Crippen molar-refractivity contribution in [1.29, 1.82) is 0 Å². The summed E-state index contributed by atoms with van der Waals surface area (Å²) in [6.07, 6.45) is 5.88. The largest absolute Gasteiger partial charge is 0.497 e. The quantitative estimate of drug-likeness (QED) is 0.585. The summed E-state index contributed by atoms with van der Waals surface area (Å²) in [6, 6.07) is 13.7. The van der Waals surface area contributed by atoms with E-state index in [9.17, 15) is 4.79 Å². The molecule has 6 heteroatoms. The number of pyridine rings is 1. The molecular formula is C26H27N3O3. The van der Waals surface area contributed by atoms with E-state index >= 15 is 0 Å². The fourth-order valence-corrected chi connectivity index (χ4v) is 3.85. The van der Waals surface area contributed by atoms with E-state index in [2.05, 4.69) is 35.4 Å². The maximum absolute atomic E-state index is 12.7. The molecule has 1 aliphatic rings. The van der Waals surface area contributed by atoms with Crippen molar-refractivity contribution in [3.05, 3.63) is 82.9 Å². The minimum absolute atomic E-state index is 0.0530. The van der Waals surface area contributed by atoms with Gasteiger partial charge in [0, 0.05) is 20.3 Å². The van der Waals surface area contributed by atoms with Crippen molar-refractivity contribution in [2.24, 2.45) is 0 Å². The van der Waals surface area contributed by atoms with E-state index in [1.807, 2.05) is 55.5 Å². The average molecular weight is 430 g/mol. The van der Waals surface area contributed by atoms with E-state index in [1.54, 1.807) is 13.4 Å². The molecule has 32 heavy (non-hydrogen) atoms. The van der Waals surface area contributed by atoms with Crippen LogP contribution in [-0.2, 0) is 11.3 Å². The summed E-state index contributed by atoms with van der Waals surface area (Å²) in [5.41, 5.74) is 6.30. The highest BCUT2D eigenvalue weighted by Crippen LogP contribution is 2.44. The Balaban J connectivity index is 1.65. The second-order valence-electron chi connectivity index (χ2n) is 7.95. The van der Waals surface area contributed by atoms with Crippen LogP contribution in [0.2, 0.25) is 0 Å². The number of allylic oxidation sites excluding steroid dienone is 2. The summed E-state index contributed by atoms with van der Waals surface area (Å²) in [5, 5.41) is 2.94. The Kier molecular flexibility index (Phi) is 6.12. The van der Waals surface area contributed by atoms with Crippen LogP contribution in [0.5, 0.6) is 5.75 Å². The topological polar surface area (TPSA) is 67.6 Å². The number of nitrogens with one attached hydrogen (secondary N) is 1. The van der Waals surface area contributed by atoms with Crippen LogP contribution in [0.4, 0.5) is 5.82 Å². The molecule has 0 aliphatic heterocycles. The predicted molar refractivity (Wildman–Crippen MR) is 127 cm³/mol. The Morgan fingerprint density at radius 2 is 2.03 bits per heavy atom. The first kappa shape index (κ1) is 21.4. The molecule has 1 N–H and O–H groups in total. The Labute approximate surface area is 188 Å². The van der Waals surface area contributed by atoms with Crippen molar-refractivity contribution >= 4 is 28.9 Å². The van der Waals surface area contributed by atoms with Gasteiger partial charge in [-0.3, -0.25) is 4.79 Å². The zero-order valence-corrected chi connectivity index (χ0v) is 18.8. The van der Waals surface area contributed by atoms with Gasteiger partial charge in [0.15, 0.2) is 0 Å². The summed E-state index contributed by atoms with van der Waals surface area (Å²) in [4.78, 5) is 19.2. The zero-order valence-electron chi connectivity index (χ0n) is 18.8. The normalized spacial score (nSPS) is 13.9. The molecule has 164 valence electrons. The standard InChI is InChI=1S/C26H27N3O3/c1-17-22(12-18-7-10-25(27-15-18)29(2)3)21-9-8-19(31-4)13-24(21)23(17)14-26(30)28-16-20-6-5-11-32-20/h5-13,15H,14,16H2,1-4H3,(H,28,30). The molecule has 0 saturated heterocycles. The van der Waals surface area contributed by atoms with Crippen LogP contribution in [0, 0.1) is 0 Å². The van der Waals surface area contributed by atoms with Gasteiger partial charge < -0.3 is 19.4 Å². The lowest BCUT2D eigenvalue weighted by molar-refractivity contribution is -0.120. The van der Waals surface area contributed by atoms with Gasteiger partial charge in [0.2, 0.25) is 5.91 Å². The number of amides is 1. The SMILES string of the molecule is COc1ccc2c(c1)C(CC(=O)NCc1ccco1)=C(C)C2=Cc1ccc(N(C)C)nc1. The molecule has 0 fully saturated rings. The lowest BCUT2D eigenvalue weighted by atomic mass is 10.0. The fraction of sp³-hybridized carbons (Fsp3) is 0.231. The highest BCUT2D eigenvalue weighted by atomic mass is 16.5. The van der Waals surface area contributed by atoms with E-state index in [4.69, 9.17) is 9.15 Å². The number of aromatic nitrogens is 1. The number of fused-ring (bicyclic) bond motifs is 1. The number of hydrogen-bond acceptors (Lipinski definition) is 5. The number of anilines is 1. The first-order valence-corrected chi connectivity index (χ1v) is 10.5. The van der Waals surface area contributed by atoms with E-state index in [-0.39, 0.29) is 12.3 Å². The molecule has 0 saturated carbocycles. The number of rotatable bonds is 7. The second-order valence-corrected chi connectivity index (χ2v) is 7.95. The minimum Gasteiger partial charge on any atom is -0.497 e. The smallest absolute Gasteiger partial charge is 0.224 e.